The largest absolute Gasteiger partial charge is 0.396 e. The van der Waals surface area contributed by atoms with Crippen molar-refractivity contribution in [3.63, 3.8) is 0 Å². The smallest absolute Gasteiger partial charge is 0.159 e. The Morgan fingerprint density at radius 1 is 1.11 bits per heavy atom. The molecule has 1 N–H and O–H groups in total. The van der Waals surface area contributed by atoms with Gasteiger partial charge in [-0.05, 0) is 74.1 Å². The minimum absolute atomic E-state index is 0.250. The number of aliphatic hydroxyl groups excluding tert-OH is 1. The van der Waals surface area contributed by atoms with Crippen LogP contribution in [0, 0.1) is 24.5 Å². The topological polar surface area (TPSA) is 20.2 Å². The highest BCUT2D eigenvalue weighted by Gasteiger charge is 2.24. The Labute approximate surface area is 107 Å². The Kier molecular flexibility index (Phi) is 4.33. The zero-order valence-corrected chi connectivity index (χ0v) is 10.8. The van der Waals surface area contributed by atoms with Gasteiger partial charge in [0.05, 0.1) is 0 Å². The molecule has 0 aromatic heterocycles. The Morgan fingerprint density at radius 2 is 1.72 bits per heavy atom. The maximum absolute atomic E-state index is 13.3. The molecule has 0 aliphatic heterocycles. The Hall–Kier alpha value is -0.960. The maximum atomic E-state index is 13.3. The number of aryl methyl sites for hydroxylation is 1. The summed E-state index contributed by atoms with van der Waals surface area (Å²) < 4.78 is 26.4. The molecule has 2 rings (SSSR count). The van der Waals surface area contributed by atoms with Crippen molar-refractivity contribution in [2.75, 3.05) is 6.61 Å². The van der Waals surface area contributed by atoms with Gasteiger partial charge in [-0.15, -0.1) is 0 Å². The van der Waals surface area contributed by atoms with Crippen LogP contribution in [-0.2, 0) is 0 Å². The van der Waals surface area contributed by atoms with E-state index < -0.39 is 11.6 Å². The minimum Gasteiger partial charge on any atom is -0.396 e. The first-order chi connectivity index (χ1) is 8.61. The predicted octanol–water partition coefficient (Wildman–Crippen LogP) is 3.93. The van der Waals surface area contributed by atoms with Gasteiger partial charge in [0.25, 0.3) is 0 Å². The van der Waals surface area contributed by atoms with Gasteiger partial charge in [-0.1, -0.05) is 0 Å². The summed E-state index contributed by atoms with van der Waals surface area (Å²) in [6.45, 7) is 2.09. The maximum Gasteiger partial charge on any atom is 0.159 e. The van der Waals surface area contributed by atoms with Gasteiger partial charge in [0.15, 0.2) is 11.6 Å². The summed E-state index contributed by atoms with van der Waals surface area (Å²) in [5.41, 5.74) is 1.80. The molecule has 0 atom stereocenters. The van der Waals surface area contributed by atoms with Gasteiger partial charge in [-0.3, -0.25) is 0 Å². The highest BCUT2D eigenvalue weighted by molar-refractivity contribution is 5.31. The van der Waals surface area contributed by atoms with Crippen LogP contribution in [0.4, 0.5) is 8.78 Å². The van der Waals surface area contributed by atoms with Crippen molar-refractivity contribution in [1.82, 2.24) is 0 Å². The first-order valence-corrected chi connectivity index (χ1v) is 6.68. The summed E-state index contributed by atoms with van der Waals surface area (Å²) in [7, 11) is 0. The van der Waals surface area contributed by atoms with E-state index in [9.17, 15) is 8.78 Å². The number of rotatable bonds is 3. The molecule has 0 amide bonds. The van der Waals surface area contributed by atoms with Gasteiger partial charge in [-0.25, -0.2) is 8.78 Å². The van der Waals surface area contributed by atoms with Crippen LogP contribution in [0.1, 0.15) is 49.1 Å². The van der Waals surface area contributed by atoms with Gasteiger partial charge in [0, 0.05) is 6.61 Å². The van der Waals surface area contributed by atoms with E-state index in [1.807, 2.05) is 6.92 Å². The molecule has 0 saturated heterocycles. The number of benzene rings is 1. The van der Waals surface area contributed by atoms with Crippen LogP contribution in [0.2, 0.25) is 0 Å². The summed E-state index contributed by atoms with van der Waals surface area (Å²) in [5, 5.41) is 8.92. The molecule has 3 heteroatoms. The van der Waals surface area contributed by atoms with Crippen molar-refractivity contribution >= 4 is 0 Å². The molecule has 0 bridgehead atoms. The summed E-state index contributed by atoms with van der Waals surface area (Å²) in [5.74, 6) is -0.565. The average Bonchev–Trinajstić information content (AvgIpc) is 2.35. The number of hydrogen-bond acceptors (Lipinski definition) is 1. The highest BCUT2D eigenvalue weighted by atomic mass is 19.2. The van der Waals surface area contributed by atoms with Crippen molar-refractivity contribution in [2.24, 2.45) is 5.92 Å². The van der Waals surface area contributed by atoms with Gasteiger partial charge in [-0.2, -0.15) is 0 Å². The van der Waals surface area contributed by atoms with Crippen molar-refractivity contribution in [1.29, 1.82) is 0 Å². The van der Waals surface area contributed by atoms with Crippen LogP contribution < -0.4 is 0 Å². The lowest BCUT2D eigenvalue weighted by molar-refractivity contribution is 0.222. The van der Waals surface area contributed by atoms with Gasteiger partial charge in [0.1, 0.15) is 0 Å². The Morgan fingerprint density at radius 3 is 2.33 bits per heavy atom. The molecular formula is C15H20F2O. The highest BCUT2D eigenvalue weighted by Crippen LogP contribution is 2.38. The fourth-order valence-corrected chi connectivity index (χ4v) is 3.05. The zero-order chi connectivity index (χ0) is 13.1. The van der Waals surface area contributed by atoms with Crippen LogP contribution in [0.3, 0.4) is 0 Å². The molecule has 1 saturated carbocycles. The van der Waals surface area contributed by atoms with E-state index >= 15 is 0 Å². The second kappa shape index (κ2) is 5.79. The third kappa shape index (κ3) is 2.89. The molecule has 18 heavy (non-hydrogen) atoms. The monoisotopic (exact) mass is 254 g/mol. The summed E-state index contributed by atoms with van der Waals surface area (Å²) >= 11 is 0. The van der Waals surface area contributed by atoms with Crippen LogP contribution in [0.15, 0.2) is 12.1 Å². The van der Waals surface area contributed by atoms with E-state index in [0.717, 1.165) is 43.2 Å². The van der Waals surface area contributed by atoms with E-state index in [1.54, 1.807) is 0 Å². The molecule has 1 aromatic carbocycles. The van der Waals surface area contributed by atoms with Crippen LogP contribution in [-0.4, -0.2) is 11.7 Å². The molecule has 0 unspecified atom stereocenters. The summed E-state index contributed by atoms with van der Waals surface area (Å²) in [6.07, 6.45) is 5.03. The predicted molar refractivity (Wildman–Crippen MR) is 67.5 cm³/mol. The van der Waals surface area contributed by atoms with Crippen molar-refractivity contribution in [2.45, 2.75) is 44.9 Å². The minimum atomic E-state index is -0.759. The molecule has 1 aliphatic carbocycles. The lowest BCUT2D eigenvalue weighted by atomic mass is 9.76. The molecule has 1 aliphatic rings. The molecule has 100 valence electrons. The quantitative estimate of drug-likeness (QED) is 0.866. The normalized spacial score (nSPS) is 24.2. The van der Waals surface area contributed by atoms with Crippen LogP contribution in [0.25, 0.3) is 0 Å². The lowest BCUT2D eigenvalue weighted by Crippen LogP contribution is -2.15. The molecular weight excluding hydrogens is 234 g/mol. The molecule has 0 heterocycles. The molecule has 1 fully saturated rings. The van der Waals surface area contributed by atoms with E-state index in [2.05, 4.69) is 0 Å². The lowest BCUT2D eigenvalue weighted by Gasteiger charge is -2.29. The van der Waals surface area contributed by atoms with E-state index in [-0.39, 0.29) is 6.61 Å². The van der Waals surface area contributed by atoms with E-state index in [1.165, 1.54) is 12.1 Å². The van der Waals surface area contributed by atoms with Gasteiger partial charge >= 0.3 is 0 Å². The third-order valence-electron chi connectivity index (χ3n) is 4.13. The fourth-order valence-electron chi connectivity index (χ4n) is 3.05. The molecule has 0 spiro atoms. The standard InChI is InChI=1S/C15H20F2O/c1-10-8-14(16)15(17)9-13(10)12-4-2-11(3-5-12)6-7-18/h8-9,11-12,18H,2-7H2,1H3. The molecule has 1 aromatic rings. The summed E-state index contributed by atoms with van der Waals surface area (Å²) in [4.78, 5) is 0. The Bertz CT molecular complexity index is 409. The third-order valence-corrected chi connectivity index (χ3v) is 4.13. The number of aliphatic hydroxyl groups is 1. The van der Waals surface area contributed by atoms with Crippen molar-refractivity contribution in [3.8, 4) is 0 Å². The zero-order valence-electron chi connectivity index (χ0n) is 10.8. The fraction of sp³-hybridized carbons (Fsp3) is 0.600. The van der Waals surface area contributed by atoms with Crippen LogP contribution in [0.5, 0.6) is 0 Å². The number of halogens is 2. The number of hydrogen-bond donors (Lipinski definition) is 1. The SMILES string of the molecule is Cc1cc(F)c(F)cc1C1CCC(CCO)CC1. The Balaban J connectivity index is 2.07. The summed E-state index contributed by atoms with van der Waals surface area (Å²) in [6, 6.07) is 2.66. The first kappa shape index (κ1) is 13.5. The van der Waals surface area contributed by atoms with Gasteiger partial charge in [0.2, 0.25) is 0 Å². The second-order valence-corrected chi connectivity index (χ2v) is 5.35. The van der Waals surface area contributed by atoms with Crippen molar-refractivity contribution in [3.05, 3.63) is 34.9 Å². The first-order valence-electron chi connectivity index (χ1n) is 6.68. The second-order valence-electron chi connectivity index (χ2n) is 5.35. The average molecular weight is 254 g/mol. The van der Waals surface area contributed by atoms with Crippen molar-refractivity contribution < 1.29 is 13.9 Å². The van der Waals surface area contributed by atoms with E-state index in [0.29, 0.717) is 11.8 Å². The molecule has 0 radical (unpaired) electrons. The van der Waals surface area contributed by atoms with E-state index in [4.69, 9.17) is 5.11 Å². The molecule has 1 nitrogen and oxygen atoms in total. The van der Waals surface area contributed by atoms with Gasteiger partial charge < -0.3 is 5.11 Å². The van der Waals surface area contributed by atoms with Crippen LogP contribution >= 0.6 is 0 Å².